The molecule has 0 bridgehead atoms. The standard InChI is InChI=1S/C62H105NO8/c1-6-8-10-12-14-16-18-20-21-22-23-24-25-26-27-28-29-30-31-32-33-34-35-36-37-38-39-41-43-45-47-49-51-53-60(65)71-58(57-70-62(61(66)67)68-55-54-63(3,4)5)56-69-59(64)52-50-48-46-44-42-40-19-17-15-13-11-9-7-2/h8-11,14-17,20-21,23-24,26-27,40,42,58,62H,6-7,12-13,18-19,22,25,28-39,41,43-57H2,1-5H3/b10-8-,11-9-,16-14-,17-15-,21-20-,24-23-,27-26-,42-40-. The van der Waals surface area contributed by atoms with Gasteiger partial charge in [-0.25, -0.2) is 0 Å². The summed E-state index contributed by atoms with van der Waals surface area (Å²) >= 11 is 0. The van der Waals surface area contributed by atoms with Gasteiger partial charge in [0.15, 0.2) is 12.4 Å². The number of likely N-dealkylation sites (N-methyl/N-ethyl adjacent to an activating group) is 1. The smallest absolute Gasteiger partial charge is 0.306 e. The fourth-order valence-corrected chi connectivity index (χ4v) is 7.52. The van der Waals surface area contributed by atoms with E-state index < -0.39 is 24.3 Å². The van der Waals surface area contributed by atoms with Crippen molar-refractivity contribution in [2.45, 2.75) is 232 Å². The Morgan fingerprint density at radius 2 is 0.761 bits per heavy atom. The first-order valence-electron chi connectivity index (χ1n) is 28.4. The lowest BCUT2D eigenvalue weighted by Gasteiger charge is -2.26. The van der Waals surface area contributed by atoms with Gasteiger partial charge in [-0.3, -0.25) is 9.59 Å². The number of carbonyl (C=O) groups excluding carboxylic acids is 3. The maximum atomic E-state index is 12.8. The molecule has 0 aliphatic rings. The zero-order valence-corrected chi connectivity index (χ0v) is 46.1. The van der Waals surface area contributed by atoms with E-state index in [0.29, 0.717) is 23.9 Å². The molecule has 0 saturated heterocycles. The van der Waals surface area contributed by atoms with Crippen molar-refractivity contribution in [2.24, 2.45) is 0 Å². The number of unbranched alkanes of at least 4 members (excludes halogenated alkanes) is 20. The van der Waals surface area contributed by atoms with Crippen molar-refractivity contribution < 1.29 is 42.9 Å². The molecule has 0 aromatic heterocycles. The molecule has 0 aliphatic heterocycles. The van der Waals surface area contributed by atoms with Crippen LogP contribution in [0.1, 0.15) is 219 Å². The lowest BCUT2D eigenvalue weighted by atomic mass is 10.0. The molecule has 0 aromatic carbocycles. The van der Waals surface area contributed by atoms with E-state index in [-0.39, 0.29) is 38.6 Å². The lowest BCUT2D eigenvalue weighted by molar-refractivity contribution is -0.870. The third kappa shape index (κ3) is 53.8. The van der Waals surface area contributed by atoms with Crippen LogP contribution in [0.2, 0.25) is 0 Å². The number of ether oxygens (including phenoxy) is 4. The van der Waals surface area contributed by atoms with Gasteiger partial charge in [-0.1, -0.05) is 214 Å². The highest BCUT2D eigenvalue weighted by Gasteiger charge is 2.22. The Balaban J connectivity index is 4.13. The second-order valence-electron chi connectivity index (χ2n) is 19.8. The van der Waals surface area contributed by atoms with Crippen LogP contribution in [0.25, 0.3) is 0 Å². The molecule has 0 saturated carbocycles. The summed E-state index contributed by atoms with van der Waals surface area (Å²) in [7, 11) is 5.90. The number of aliphatic carboxylic acids is 1. The molecule has 406 valence electrons. The minimum absolute atomic E-state index is 0.140. The quantitative estimate of drug-likeness (QED) is 0.0195. The van der Waals surface area contributed by atoms with E-state index in [0.717, 1.165) is 89.9 Å². The predicted octanol–water partition coefficient (Wildman–Crippen LogP) is 15.2. The molecule has 9 heteroatoms. The van der Waals surface area contributed by atoms with Crippen LogP contribution in [0.4, 0.5) is 0 Å². The number of hydrogen-bond donors (Lipinski definition) is 0. The number of rotatable bonds is 51. The van der Waals surface area contributed by atoms with Gasteiger partial charge in [0.05, 0.1) is 40.3 Å². The molecular weight excluding hydrogens is 887 g/mol. The fourth-order valence-electron chi connectivity index (χ4n) is 7.52. The second kappa shape index (κ2) is 52.5. The maximum absolute atomic E-state index is 12.8. The topological polar surface area (TPSA) is 111 Å². The van der Waals surface area contributed by atoms with Gasteiger partial charge in [-0.2, -0.15) is 0 Å². The van der Waals surface area contributed by atoms with E-state index >= 15 is 0 Å². The van der Waals surface area contributed by atoms with Crippen LogP contribution in [0.5, 0.6) is 0 Å². The molecule has 0 aromatic rings. The average molecular weight is 993 g/mol. The Labute approximate surface area is 435 Å². The lowest BCUT2D eigenvalue weighted by Crippen LogP contribution is -2.44. The van der Waals surface area contributed by atoms with Gasteiger partial charge in [0, 0.05) is 12.8 Å². The number of quaternary nitrogens is 1. The Morgan fingerprint density at radius 1 is 0.423 bits per heavy atom. The number of hydrogen-bond acceptors (Lipinski definition) is 8. The first-order valence-corrected chi connectivity index (χ1v) is 28.4. The van der Waals surface area contributed by atoms with Crippen LogP contribution in [0.15, 0.2) is 97.2 Å². The summed E-state index contributed by atoms with van der Waals surface area (Å²) < 4.78 is 22.6. The summed E-state index contributed by atoms with van der Waals surface area (Å²) in [6.07, 6.45) is 67.6. The highest BCUT2D eigenvalue weighted by Crippen LogP contribution is 2.16. The van der Waals surface area contributed by atoms with Crippen LogP contribution in [-0.2, 0) is 33.3 Å². The van der Waals surface area contributed by atoms with Gasteiger partial charge >= 0.3 is 11.9 Å². The van der Waals surface area contributed by atoms with Crippen molar-refractivity contribution >= 4 is 17.9 Å². The van der Waals surface area contributed by atoms with Gasteiger partial charge < -0.3 is 33.3 Å². The first-order chi connectivity index (χ1) is 34.6. The molecule has 0 radical (unpaired) electrons. The molecule has 0 spiro atoms. The summed E-state index contributed by atoms with van der Waals surface area (Å²) in [6.45, 7) is 4.48. The van der Waals surface area contributed by atoms with Crippen molar-refractivity contribution in [3.8, 4) is 0 Å². The molecule has 2 atom stereocenters. The Kier molecular flexibility index (Phi) is 49.7. The second-order valence-corrected chi connectivity index (χ2v) is 19.8. The van der Waals surface area contributed by atoms with E-state index in [2.05, 4.69) is 111 Å². The number of carboxylic acids is 1. The van der Waals surface area contributed by atoms with E-state index in [9.17, 15) is 19.5 Å². The molecule has 0 rings (SSSR count). The monoisotopic (exact) mass is 992 g/mol. The van der Waals surface area contributed by atoms with Gasteiger partial charge in [-0.15, -0.1) is 0 Å². The highest BCUT2D eigenvalue weighted by atomic mass is 16.7. The van der Waals surface area contributed by atoms with Crippen molar-refractivity contribution in [2.75, 3.05) is 47.5 Å². The number of carbonyl (C=O) groups is 3. The summed E-state index contributed by atoms with van der Waals surface area (Å²) in [4.78, 5) is 37.2. The molecule has 2 unspecified atom stereocenters. The zero-order chi connectivity index (χ0) is 52.0. The number of carboxylic acid groups (broad SMARTS) is 1. The van der Waals surface area contributed by atoms with E-state index in [4.69, 9.17) is 18.9 Å². The van der Waals surface area contributed by atoms with Gasteiger partial charge in [0.2, 0.25) is 0 Å². The van der Waals surface area contributed by atoms with Gasteiger partial charge in [0.25, 0.3) is 0 Å². The van der Waals surface area contributed by atoms with Crippen LogP contribution in [-0.4, -0.2) is 82.3 Å². The third-order valence-electron chi connectivity index (χ3n) is 11.8. The highest BCUT2D eigenvalue weighted by molar-refractivity contribution is 5.70. The fraction of sp³-hybridized carbons (Fsp3) is 0.694. The van der Waals surface area contributed by atoms with Gasteiger partial charge in [-0.05, 0) is 89.9 Å². The van der Waals surface area contributed by atoms with E-state index in [1.807, 2.05) is 21.1 Å². The molecule has 0 fully saturated rings. The molecule has 0 heterocycles. The van der Waals surface area contributed by atoms with Crippen molar-refractivity contribution in [1.29, 1.82) is 0 Å². The minimum Gasteiger partial charge on any atom is -0.545 e. The Morgan fingerprint density at radius 3 is 1.14 bits per heavy atom. The molecular formula is C62H105NO8. The summed E-state index contributed by atoms with van der Waals surface area (Å²) in [6, 6.07) is 0. The summed E-state index contributed by atoms with van der Waals surface area (Å²) in [5.41, 5.74) is 0. The minimum atomic E-state index is -1.63. The zero-order valence-electron chi connectivity index (χ0n) is 46.1. The SMILES string of the molecule is CC/C=C\C/C=C\C/C=C\C/C=C\C/C=C\CCCCCCCCCCCCCCCCCCCC(=O)OC(COC(=O)CCCCC/C=C\C/C=C\C/C=C\CC)COC(OCC[N+](C)(C)C)C(=O)[O-]. The van der Waals surface area contributed by atoms with Crippen LogP contribution < -0.4 is 5.11 Å². The molecule has 0 aliphatic carbocycles. The largest absolute Gasteiger partial charge is 0.545 e. The van der Waals surface area contributed by atoms with Gasteiger partial charge in [0.1, 0.15) is 13.2 Å². The molecule has 0 amide bonds. The van der Waals surface area contributed by atoms with Crippen LogP contribution >= 0.6 is 0 Å². The van der Waals surface area contributed by atoms with E-state index in [1.165, 1.54) is 89.9 Å². The summed E-state index contributed by atoms with van der Waals surface area (Å²) in [5.74, 6) is -2.33. The first kappa shape index (κ1) is 67.2. The van der Waals surface area contributed by atoms with Crippen LogP contribution in [0.3, 0.4) is 0 Å². The molecule has 71 heavy (non-hydrogen) atoms. The normalized spacial score (nSPS) is 13.5. The summed E-state index contributed by atoms with van der Waals surface area (Å²) in [5, 5.41) is 11.7. The molecule has 9 nitrogen and oxygen atoms in total. The Bertz CT molecular complexity index is 1480. The Hall–Kier alpha value is -3.79. The predicted molar refractivity (Wildman–Crippen MR) is 297 cm³/mol. The number of esters is 2. The van der Waals surface area contributed by atoms with E-state index in [1.54, 1.807) is 0 Å². The van der Waals surface area contributed by atoms with Crippen molar-refractivity contribution in [3.05, 3.63) is 97.2 Å². The average Bonchev–Trinajstić information content (AvgIpc) is 3.34. The van der Waals surface area contributed by atoms with Crippen LogP contribution in [0, 0.1) is 0 Å². The molecule has 0 N–H and O–H groups in total. The third-order valence-corrected chi connectivity index (χ3v) is 11.8. The number of nitrogens with zero attached hydrogens (tertiary/aromatic N) is 1. The van der Waals surface area contributed by atoms with Crippen molar-refractivity contribution in [1.82, 2.24) is 0 Å². The number of allylic oxidation sites excluding steroid dienone is 16. The maximum Gasteiger partial charge on any atom is 0.306 e. The van der Waals surface area contributed by atoms with Crippen molar-refractivity contribution in [3.63, 3.8) is 0 Å².